The number of rotatable bonds is 3. The average Bonchev–Trinajstić information content (AvgIpc) is 2.38. The number of hydrogen-bond acceptors (Lipinski definition) is 4. The molecule has 2 atom stereocenters. The molecule has 1 saturated heterocycles. The first-order valence-corrected chi connectivity index (χ1v) is 7.03. The molecule has 0 saturated carbocycles. The van der Waals surface area contributed by atoms with Gasteiger partial charge in [0.25, 0.3) is 0 Å². The third kappa shape index (κ3) is 2.79. The van der Waals surface area contributed by atoms with Crippen molar-refractivity contribution < 1.29 is 13.7 Å². The summed E-state index contributed by atoms with van der Waals surface area (Å²) in [6, 6.07) is 5.96. The zero-order valence-electron chi connectivity index (χ0n) is 10.1. The van der Waals surface area contributed by atoms with Gasteiger partial charge in [-0.15, -0.1) is 0 Å². The highest BCUT2D eigenvalue weighted by atomic mass is 32.2. The predicted octanol–water partition coefficient (Wildman–Crippen LogP) is 1.10. The molecule has 1 fully saturated rings. The van der Waals surface area contributed by atoms with Crippen LogP contribution in [0.5, 0.6) is 11.5 Å². The Balaban J connectivity index is 2.23. The summed E-state index contributed by atoms with van der Waals surface area (Å²) in [7, 11) is 2.51. The Labute approximate surface area is 104 Å². The highest BCUT2D eigenvalue weighted by molar-refractivity contribution is 7.85. The number of benzene rings is 1. The van der Waals surface area contributed by atoms with E-state index in [4.69, 9.17) is 9.47 Å². The largest absolute Gasteiger partial charge is 0.493 e. The van der Waals surface area contributed by atoms with Crippen LogP contribution in [0.1, 0.15) is 11.6 Å². The number of methoxy groups -OCH3 is 2. The second kappa shape index (κ2) is 5.51. The van der Waals surface area contributed by atoms with Crippen LogP contribution in [0.15, 0.2) is 18.2 Å². The smallest absolute Gasteiger partial charge is 0.161 e. The molecule has 1 aromatic carbocycles. The van der Waals surface area contributed by atoms with Crippen molar-refractivity contribution in [1.29, 1.82) is 0 Å². The van der Waals surface area contributed by atoms with E-state index in [0.29, 0.717) is 17.3 Å². The summed E-state index contributed by atoms with van der Waals surface area (Å²) in [6.07, 6.45) is 0. The summed E-state index contributed by atoms with van der Waals surface area (Å²) < 4.78 is 22.0. The summed E-state index contributed by atoms with van der Waals surface area (Å²) in [4.78, 5) is 0. The molecule has 2 unspecified atom stereocenters. The lowest BCUT2D eigenvalue weighted by atomic mass is 10.1. The van der Waals surface area contributed by atoms with Gasteiger partial charge in [-0.2, -0.15) is 0 Å². The van der Waals surface area contributed by atoms with Gasteiger partial charge in [-0.25, -0.2) is 0 Å². The maximum absolute atomic E-state index is 11.5. The minimum atomic E-state index is -0.721. The molecule has 0 aromatic heterocycles. The molecule has 1 N–H and O–H groups in total. The van der Waals surface area contributed by atoms with Crippen LogP contribution >= 0.6 is 0 Å². The molecule has 17 heavy (non-hydrogen) atoms. The van der Waals surface area contributed by atoms with E-state index < -0.39 is 10.8 Å². The number of ether oxygens (including phenoxy) is 2. The third-order valence-corrected chi connectivity index (χ3v) is 4.25. The molecule has 2 rings (SSSR count). The number of nitrogens with one attached hydrogen (secondary N) is 1. The standard InChI is InChI=1S/C12H17NO3S/c1-15-11-4-3-9(7-12(11)16-2)10-8-17(14)6-5-13-10/h3-4,7,10,13H,5-6,8H2,1-2H3. The number of hydrogen-bond donors (Lipinski definition) is 1. The second-order valence-corrected chi connectivity index (χ2v) is 5.55. The highest BCUT2D eigenvalue weighted by Gasteiger charge is 2.20. The minimum absolute atomic E-state index is 0.143. The van der Waals surface area contributed by atoms with Gasteiger partial charge in [-0.05, 0) is 17.7 Å². The van der Waals surface area contributed by atoms with Gasteiger partial charge in [-0.3, -0.25) is 4.21 Å². The van der Waals surface area contributed by atoms with Crippen LogP contribution in [0.4, 0.5) is 0 Å². The average molecular weight is 255 g/mol. The second-order valence-electron chi connectivity index (χ2n) is 3.93. The molecule has 0 bridgehead atoms. The molecule has 0 radical (unpaired) electrons. The summed E-state index contributed by atoms with van der Waals surface area (Å²) in [5.41, 5.74) is 1.09. The van der Waals surface area contributed by atoms with E-state index in [1.807, 2.05) is 18.2 Å². The van der Waals surface area contributed by atoms with Crippen molar-refractivity contribution in [2.24, 2.45) is 0 Å². The lowest BCUT2D eigenvalue weighted by Crippen LogP contribution is -2.36. The van der Waals surface area contributed by atoms with Gasteiger partial charge < -0.3 is 14.8 Å². The first kappa shape index (κ1) is 12.4. The van der Waals surface area contributed by atoms with Crippen molar-refractivity contribution in [1.82, 2.24) is 5.32 Å². The molecule has 0 spiro atoms. The van der Waals surface area contributed by atoms with E-state index in [1.165, 1.54) is 0 Å². The Morgan fingerprint density at radius 3 is 2.71 bits per heavy atom. The fourth-order valence-corrected chi connectivity index (χ4v) is 3.15. The zero-order chi connectivity index (χ0) is 12.3. The van der Waals surface area contributed by atoms with Gasteiger partial charge >= 0.3 is 0 Å². The molecule has 1 aliphatic rings. The van der Waals surface area contributed by atoms with E-state index in [9.17, 15) is 4.21 Å². The van der Waals surface area contributed by atoms with Crippen molar-refractivity contribution in [2.45, 2.75) is 6.04 Å². The van der Waals surface area contributed by atoms with Crippen molar-refractivity contribution in [3.05, 3.63) is 23.8 Å². The fraction of sp³-hybridized carbons (Fsp3) is 0.500. The Hall–Kier alpha value is -1.07. The van der Waals surface area contributed by atoms with Crippen LogP contribution in [0.25, 0.3) is 0 Å². The molecule has 1 heterocycles. The fourth-order valence-electron chi connectivity index (χ4n) is 1.96. The van der Waals surface area contributed by atoms with Gasteiger partial charge in [-0.1, -0.05) is 6.07 Å². The summed E-state index contributed by atoms with van der Waals surface area (Å²) in [6.45, 7) is 0.797. The van der Waals surface area contributed by atoms with Crippen LogP contribution in [0, 0.1) is 0 Å². The van der Waals surface area contributed by atoms with Crippen LogP contribution in [-0.2, 0) is 10.8 Å². The van der Waals surface area contributed by atoms with Crippen LogP contribution in [0.3, 0.4) is 0 Å². The molecule has 4 nitrogen and oxygen atoms in total. The first-order valence-electron chi connectivity index (χ1n) is 5.55. The van der Waals surface area contributed by atoms with Crippen molar-refractivity contribution in [3.8, 4) is 11.5 Å². The SMILES string of the molecule is COc1ccc(C2CS(=O)CCN2)cc1OC. The van der Waals surface area contributed by atoms with E-state index >= 15 is 0 Å². The minimum Gasteiger partial charge on any atom is -0.493 e. The molecule has 0 amide bonds. The van der Waals surface area contributed by atoms with Gasteiger partial charge in [0, 0.05) is 34.9 Å². The van der Waals surface area contributed by atoms with Crippen LogP contribution in [0.2, 0.25) is 0 Å². The van der Waals surface area contributed by atoms with Gasteiger partial charge in [0.15, 0.2) is 11.5 Å². The Bertz CT molecular complexity index is 422. The van der Waals surface area contributed by atoms with Gasteiger partial charge in [0.05, 0.1) is 14.2 Å². The topological polar surface area (TPSA) is 47.6 Å². The van der Waals surface area contributed by atoms with Crippen molar-refractivity contribution in [2.75, 3.05) is 32.3 Å². The van der Waals surface area contributed by atoms with Crippen molar-refractivity contribution in [3.63, 3.8) is 0 Å². The van der Waals surface area contributed by atoms with E-state index in [2.05, 4.69) is 5.32 Å². The van der Waals surface area contributed by atoms with Crippen LogP contribution in [-0.4, -0.2) is 36.5 Å². The van der Waals surface area contributed by atoms with Crippen LogP contribution < -0.4 is 14.8 Å². The maximum atomic E-state index is 11.5. The summed E-state index contributed by atoms with van der Waals surface area (Å²) in [5, 5.41) is 3.37. The predicted molar refractivity (Wildman–Crippen MR) is 68.2 cm³/mol. The third-order valence-electron chi connectivity index (χ3n) is 2.88. The van der Waals surface area contributed by atoms with Crippen molar-refractivity contribution >= 4 is 10.8 Å². The molecule has 1 aliphatic heterocycles. The lowest BCUT2D eigenvalue weighted by molar-refractivity contribution is 0.354. The normalized spacial score (nSPS) is 24.4. The zero-order valence-corrected chi connectivity index (χ0v) is 10.9. The molecule has 1 aromatic rings. The molecule has 5 heteroatoms. The van der Waals surface area contributed by atoms with Gasteiger partial charge in [0.2, 0.25) is 0 Å². The van der Waals surface area contributed by atoms with E-state index in [1.54, 1.807) is 14.2 Å². The Morgan fingerprint density at radius 2 is 2.06 bits per heavy atom. The maximum Gasteiger partial charge on any atom is 0.161 e. The Kier molecular flexibility index (Phi) is 4.02. The molecular weight excluding hydrogens is 238 g/mol. The molecule has 0 aliphatic carbocycles. The monoisotopic (exact) mass is 255 g/mol. The quantitative estimate of drug-likeness (QED) is 0.878. The lowest BCUT2D eigenvalue weighted by Gasteiger charge is -2.24. The van der Waals surface area contributed by atoms with E-state index in [-0.39, 0.29) is 6.04 Å². The summed E-state index contributed by atoms with van der Waals surface area (Å²) >= 11 is 0. The Morgan fingerprint density at radius 1 is 1.29 bits per heavy atom. The van der Waals surface area contributed by atoms with E-state index in [0.717, 1.165) is 17.9 Å². The summed E-state index contributed by atoms with van der Waals surface area (Å²) in [5.74, 6) is 2.83. The molecule has 94 valence electrons. The first-order chi connectivity index (χ1) is 8.24. The highest BCUT2D eigenvalue weighted by Crippen LogP contribution is 2.30. The molecular formula is C12H17NO3S. The van der Waals surface area contributed by atoms with Gasteiger partial charge in [0.1, 0.15) is 0 Å².